The summed E-state index contributed by atoms with van der Waals surface area (Å²) < 4.78 is 0. The Kier molecular flexibility index (Phi) is 5.25. The molecule has 5 rings (SSSR count). The maximum Gasteiger partial charge on any atom is 0.0175 e. The van der Waals surface area contributed by atoms with E-state index in [2.05, 4.69) is 127 Å². The number of hydrogen-bond acceptors (Lipinski definition) is 0. The second-order valence-corrected chi connectivity index (χ2v) is 8.36. The summed E-state index contributed by atoms with van der Waals surface area (Å²) in [6, 6.07) is 45.4. The van der Waals surface area contributed by atoms with Crippen molar-refractivity contribution in [2.24, 2.45) is 0 Å². The first-order chi connectivity index (χ1) is 14.9. The van der Waals surface area contributed by atoms with Crippen molar-refractivity contribution in [2.75, 3.05) is 0 Å². The second-order valence-electron chi connectivity index (χ2n) is 7.24. The minimum absolute atomic E-state index is 1.23. The first-order valence-electron chi connectivity index (χ1n) is 10.2. The molecule has 5 aromatic rings. The lowest BCUT2D eigenvalue weighted by Crippen LogP contribution is -1.88. The SMILES string of the molecule is c1ccc(-c2cc(-c3ccccc3)c(-c3ccccc3)pc2-c2ccccc2)cc1. The van der Waals surface area contributed by atoms with Crippen LogP contribution in [0.15, 0.2) is 127 Å². The number of benzene rings is 4. The fraction of sp³-hybridized carbons (Fsp3) is 0. The summed E-state index contributed by atoms with van der Waals surface area (Å²) >= 11 is 0. The third kappa shape index (κ3) is 3.71. The molecule has 1 heterocycles. The van der Waals surface area contributed by atoms with Crippen LogP contribution in [-0.4, -0.2) is 0 Å². The van der Waals surface area contributed by atoms with Crippen LogP contribution in [0.1, 0.15) is 0 Å². The summed E-state index contributed by atoms with van der Waals surface area (Å²) in [6.07, 6.45) is 0. The lowest BCUT2D eigenvalue weighted by Gasteiger charge is -2.17. The average molecular weight is 400 g/mol. The quantitative estimate of drug-likeness (QED) is 0.282. The molecule has 0 radical (unpaired) electrons. The van der Waals surface area contributed by atoms with Crippen molar-refractivity contribution in [2.45, 2.75) is 0 Å². The summed E-state index contributed by atoms with van der Waals surface area (Å²) in [4.78, 5) is 0. The summed E-state index contributed by atoms with van der Waals surface area (Å²) in [5.41, 5.74) is 7.64. The Hall–Kier alpha value is -3.47. The number of rotatable bonds is 4. The highest BCUT2D eigenvalue weighted by atomic mass is 31.0. The van der Waals surface area contributed by atoms with Gasteiger partial charge < -0.3 is 0 Å². The van der Waals surface area contributed by atoms with Crippen molar-refractivity contribution in [3.8, 4) is 44.0 Å². The standard InChI is InChI=1S/C29H21P/c1-5-13-22(14-6-1)26-21-27(23-15-7-2-8-16-23)29(25-19-11-4-12-20-25)30-28(26)24-17-9-3-10-18-24/h1-21H. The second kappa shape index (κ2) is 8.49. The Morgan fingerprint density at radius 1 is 0.333 bits per heavy atom. The largest absolute Gasteiger partial charge is 0.0622 e. The molecule has 0 spiro atoms. The molecule has 0 saturated carbocycles. The van der Waals surface area contributed by atoms with Crippen LogP contribution in [0.3, 0.4) is 0 Å². The third-order valence-corrected chi connectivity index (χ3v) is 6.73. The molecule has 0 N–H and O–H groups in total. The van der Waals surface area contributed by atoms with Crippen LogP contribution in [0.25, 0.3) is 44.0 Å². The van der Waals surface area contributed by atoms with E-state index in [9.17, 15) is 0 Å². The maximum absolute atomic E-state index is 2.38. The van der Waals surface area contributed by atoms with E-state index in [0.29, 0.717) is 0 Å². The van der Waals surface area contributed by atoms with E-state index < -0.39 is 0 Å². The van der Waals surface area contributed by atoms with Gasteiger partial charge in [-0.15, -0.1) is 0 Å². The molecule has 0 atom stereocenters. The van der Waals surface area contributed by atoms with Crippen molar-refractivity contribution < 1.29 is 0 Å². The Morgan fingerprint density at radius 2 is 0.633 bits per heavy atom. The molecule has 0 fully saturated rings. The first kappa shape index (κ1) is 18.6. The third-order valence-electron chi connectivity index (χ3n) is 5.29. The van der Waals surface area contributed by atoms with Gasteiger partial charge in [0.15, 0.2) is 0 Å². The van der Waals surface area contributed by atoms with Gasteiger partial charge in [0.05, 0.1) is 0 Å². The molecule has 0 unspecified atom stereocenters. The van der Waals surface area contributed by atoms with Crippen LogP contribution in [0, 0.1) is 0 Å². The maximum atomic E-state index is 2.38. The van der Waals surface area contributed by atoms with Crippen molar-refractivity contribution in [1.29, 1.82) is 0 Å². The van der Waals surface area contributed by atoms with E-state index in [0.717, 1.165) is 0 Å². The predicted octanol–water partition coefficient (Wildman–Crippen LogP) is 8.93. The van der Waals surface area contributed by atoms with Gasteiger partial charge in [0.1, 0.15) is 0 Å². The number of hydrogen-bond donors (Lipinski definition) is 0. The van der Waals surface area contributed by atoms with Gasteiger partial charge in [-0.2, -0.15) is 0 Å². The molecule has 4 aromatic carbocycles. The van der Waals surface area contributed by atoms with E-state index in [-0.39, 0.29) is 0 Å². The lowest BCUT2D eigenvalue weighted by atomic mass is 9.96. The van der Waals surface area contributed by atoms with Gasteiger partial charge in [0.25, 0.3) is 0 Å². The molecule has 1 aromatic heterocycles. The van der Waals surface area contributed by atoms with E-state index in [1.807, 2.05) is 0 Å². The van der Waals surface area contributed by atoms with Crippen LogP contribution in [0.4, 0.5) is 0 Å². The molecule has 0 aliphatic heterocycles. The topological polar surface area (TPSA) is 0 Å². The van der Waals surface area contributed by atoms with Crippen molar-refractivity contribution in [3.05, 3.63) is 127 Å². The molecule has 142 valence electrons. The summed E-state index contributed by atoms with van der Waals surface area (Å²) in [7, 11) is 1.23. The van der Waals surface area contributed by atoms with Gasteiger partial charge in [0.2, 0.25) is 0 Å². The van der Waals surface area contributed by atoms with E-state index in [1.165, 1.54) is 52.2 Å². The minimum Gasteiger partial charge on any atom is -0.0622 e. The molecule has 0 aliphatic carbocycles. The van der Waals surface area contributed by atoms with Gasteiger partial charge in [-0.05, 0) is 39.4 Å². The highest BCUT2D eigenvalue weighted by molar-refractivity contribution is 7.38. The van der Waals surface area contributed by atoms with Crippen LogP contribution < -0.4 is 0 Å². The molecule has 0 bridgehead atoms. The molecule has 30 heavy (non-hydrogen) atoms. The monoisotopic (exact) mass is 400 g/mol. The van der Waals surface area contributed by atoms with E-state index in [1.54, 1.807) is 0 Å². The Morgan fingerprint density at radius 3 is 0.967 bits per heavy atom. The highest BCUT2D eigenvalue weighted by Gasteiger charge is 2.16. The van der Waals surface area contributed by atoms with Gasteiger partial charge in [-0.3, -0.25) is 0 Å². The van der Waals surface area contributed by atoms with Gasteiger partial charge in [0, 0.05) is 10.6 Å². The zero-order valence-electron chi connectivity index (χ0n) is 16.6. The smallest absolute Gasteiger partial charge is 0.0175 e. The van der Waals surface area contributed by atoms with Crippen LogP contribution in [-0.2, 0) is 0 Å². The Balaban J connectivity index is 1.85. The van der Waals surface area contributed by atoms with Crippen molar-refractivity contribution in [1.82, 2.24) is 0 Å². The normalized spacial score (nSPS) is 10.7. The Labute approximate surface area is 179 Å². The zero-order chi connectivity index (χ0) is 20.2. The molecular formula is C29H21P. The first-order valence-corrected chi connectivity index (χ1v) is 11.1. The highest BCUT2D eigenvalue weighted by Crippen LogP contribution is 2.48. The molecular weight excluding hydrogens is 379 g/mol. The lowest BCUT2D eigenvalue weighted by molar-refractivity contribution is 1.60. The fourth-order valence-corrected chi connectivity index (χ4v) is 5.23. The van der Waals surface area contributed by atoms with Gasteiger partial charge >= 0.3 is 0 Å². The fourth-order valence-electron chi connectivity index (χ4n) is 3.82. The summed E-state index contributed by atoms with van der Waals surface area (Å²) in [6.45, 7) is 0. The van der Waals surface area contributed by atoms with Crippen LogP contribution in [0.5, 0.6) is 0 Å². The van der Waals surface area contributed by atoms with E-state index in [4.69, 9.17) is 0 Å². The van der Waals surface area contributed by atoms with E-state index >= 15 is 0 Å². The van der Waals surface area contributed by atoms with Crippen molar-refractivity contribution >= 4 is 8.19 Å². The molecule has 0 nitrogen and oxygen atoms in total. The van der Waals surface area contributed by atoms with Crippen LogP contribution in [0.2, 0.25) is 0 Å². The molecule has 1 heteroatoms. The van der Waals surface area contributed by atoms with Gasteiger partial charge in [-0.25, -0.2) is 0 Å². The molecule has 0 saturated heterocycles. The Bertz CT molecular complexity index is 1050. The molecule has 0 amide bonds. The summed E-state index contributed by atoms with van der Waals surface area (Å²) in [5.74, 6) is 0. The molecule has 0 aliphatic rings. The van der Waals surface area contributed by atoms with Crippen molar-refractivity contribution in [3.63, 3.8) is 0 Å². The summed E-state index contributed by atoms with van der Waals surface area (Å²) in [5, 5.41) is 2.70. The average Bonchev–Trinajstić information content (AvgIpc) is 2.85. The van der Waals surface area contributed by atoms with Gasteiger partial charge in [-0.1, -0.05) is 130 Å². The predicted molar refractivity (Wildman–Crippen MR) is 131 cm³/mol. The zero-order valence-corrected chi connectivity index (χ0v) is 17.5. The minimum atomic E-state index is 1.23. The van der Waals surface area contributed by atoms with Crippen LogP contribution >= 0.6 is 8.19 Å².